The van der Waals surface area contributed by atoms with Crippen molar-refractivity contribution in [1.82, 2.24) is 10.3 Å². The molecule has 2 heterocycles. The fourth-order valence-electron chi connectivity index (χ4n) is 2.30. The molecule has 1 saturated heterocycles. The Kier molecular flexibility index (Phi) is 4.57. The average molecular weight is 294 g/mol. The van der Waals surface area contributed by atoms with Gasteiger partial charge in [0.2, 0.25) is 0 Å². The molecule has 1 aliphatic heterocycles. The molecule has 0 bridgehead atoms. The third kappa shape index (κ3) is 3.78. The van der Waals surface area contributed by atoms with Gasteiger partial charge < -0.3 is 14.8 Å². The Balaban J connectivity index is 1.70. The molecule has 0 saturated carbocycles. The van der Waals surface area contributed by atoms with Gasteiger partial charge >= 0.3 is 0 Å². The van der Waals surface area contributed by atoms with Crippen molar-refractivity contribution in [3.05, 3.63) is 48.3 Å². The van der Waals surface area contributed by atoms with Crippen LogP contribution in [0.1, 0.15) is 18.4 Å². The number of pyridine rings is 1. The zero-order valence-corrected chi connectivity index (χ0v) is 12.5. The summed E-state index contributed by atoms with van der Waals surface area (Å²) in [5.74, 6) is 8.61. The molecule has 3 rings (SSSR count). The van der Waals surface area contributed by atoms with Crippen LogP contribution in [0, 0.1) is 11.8 Å². The first-order chi connectivity index (χ1) is 10.8. The Morgan fingerprint density at radius 3 is 2.68 bits per heavy atom. The van der Waals surface area contributed by atoms with Gasteiger partial charge in [-0.15, -0.1) is 0 Å². The molecule has 112 valence electrons. The Hall–Kier alpha value is -2.51. The number of hydrogen-bond acceptors (Lipinski definition) is 4. The van der Waals surface area contributed by atoms with E-state index in [1.54, 1.807) is 19.5 Å². The molecule has 1 atom stereocenters. The van der Waals surface area contributed by atoms with Gasteiger partial charge in [-0.05, 0) is 49.7 Å². The highest BCUT2D eigenvalue weighted by Gasteiger charge is 2.09. The van der Waals surface area contributed by atoms with E-state index in [1.165, 1.54) is 6.42 Å². The van der Waals surface area contributed by atoms with Crippen molar-refractivity contribution in [1.29, 1.82) is 0 Å². The van der Waals surface area contributed by atoms with Gasteiger partial charge in [0.05, 0.1) is 19.3 Å². The molecule has 1 aromatic heterocycles. The number of benzene rings is 1. The van der Waals surface area contributed by atoms with Gasteiger partial charge in [0, 0.05) is 11.8 Å². The highest BCUT2D eigenvalue weighted by Crippen LogP contribution is 2.23. The molecule has 1 fully saturated rings. The van der Waals surface area contributed by atoms with Gasteiger partial charge in [-0.25, -0.2) is 0 Å². The van der Waals surface area contributed by atoms with Crippen molar-refractivity contribution >= 4 is 0 Å². The van der Waals surface area contributed by atoms with E-state index in [4.69, 9.17) is 9.47 Å². The van der Waals surface area contributed by atoms with E-state index in [0.717, 1.165) is 30.0 Å². The van der Waals surface area contributed by atoms with Crippen molar-refractivity contribution in [3.8, 4) is 29.1 Å². The molecule has 1 unspecified atom stereocenters. The van der Waals surface area contributed by atoms with Gasteiger partial charge in [0.1, 0.15) is 17.2 Å². The fraction of sp³-hybridized carbons (Fsp3) is 0.278. The number of methoxy groups -OCH3 is 1. The van der Waals surface area contributed by atoms with Crippen LogP contribution in [0.2, 0.25) is 0 Å². The number of hydrogen-bond donors (Lipinski definition) is 1. The molecular formula is C18H18N2O2. The molecule has 2 aromatic rings. The van der Waals surface area contributed by atoms with Crippen LogP contribution in [0.25, 0.3) is 0 Å². The van der Waals surface area contributed by atoms with E-state index < -0.39 is 0 Å². The van der Waals surface area contributed by atoms with Gasteiger partial charge in [-0.1, -0.05) is 11.8 Å². The van der Waals surface area contributed by atoms with E-state index in [0.29, 0.717) is 11.8 Å². The zero-order valence-electron chi connectivity index (χ0n) is 12.5. The van der Waals surface area contributed by atoms with E-state index >= 15 is 0 Å². The first kappa shape index (κ1) is 14.4. The molecule has 4 nitrogen and oxygen atoms in total. The van der Waals surface area contributed by atoms with Gasteiger partial charge in [-0.3, -0.25) is 4.98 Å². The Morgan fingerprint density at radius 2 is 1.95 bits per heavy atom. The second-order valence-electron chi connectivity index (χ2n) is 5.11. The topological polar surface area (TPSA) is 43.4 Å². The lowest BCUT2D eigenvalue weighted by molar-refractivity contribution is 0.412. The third-order valence-electron chi connectivity index (χ3n) is 3.46. The predicted octanol–water partition coefficient (Wildman–Crippen LogP) is 2.99. The minimum absolute atomic E-state index is 0.297. The Morgan fingerprint density at radius 1 is 1.14 bits per heavy atom. The van der Waals surface area contributed by atoms with Crippen molar-refractivity contribution in [2.45, 2.75) is 18.9 Å². The summed E-state index contributed by atoms with van der Waals surface area (Å²) in [5.41, 5.74) is 0.861. The molecular weight excluding hydrogens is 276 g/mol. The van der Waals surface area contributed by atoms with Crippen molar-refractivity contribution in [2.75, 3.05) is 13.7 Å². The predicted molar refractivity (Wildman–Crippen MR) is 85.2 cm³/mol. The zero-order chi connectivity index (χ0) is 15.2. The molecule has 1 aliphatic rings. The van der Waals surface area contributed by atoms with E-state index in [1.807, 2.05) is 30.3 Å². The minimum Gasteiger partial charge on any atom is -0.497 e. The SMILES string of the molecule is COc1ccc(Oc2cncc(C#CC3CCCN3)c2)cc1. The number of nitrogens with one attached hydrogen (secondary N) is 1. The lowest BCUT2D eigenvalue weighted by atomic mass is 10.2. The van der Waals surface area contributed by atoms with Crippen LogP contribution in [0.5, 0.6) is 17.2 Å². The monoisotopic (exact) mass is 294 g/mol. The van der Waals surface area contributed by atoms with Crippen molar-refractivity contribution < 1.29 is 9.47 Å². The van der Waals surface area contributed by atoms with Crippen molar-refractivity contribution in [2.24, 2.45) is 0 Å². The second kappa shape index (κ2) is 6.97. The lowest BCUT2D eigenvalue weighted by Crippen LogP contribution is -2.18. The molecule has 0 aliphatic carbocycles. The second-order valence-corrected chi connectivity index (χ2v) is 5.11. The van der Waals surface area contributed by atoms with Gasteiger partial charge in [-0.2, -0.15) is 0 Å². The number of nitrogens with zero attached hydrogens (tertiary/aromatic N) is 1. The maximum Gasteiger partial charge on any atom is 0.146 e. The standard InChI is InChI=1S/C18H18N2O2/c1-21-16-6-8-17(9-7-16)22-18-11-14(12-19-13-18)4-5-15-3-2-10-20-15/h6-9,11-13,15,20H,2-3,10H2,1H3. The van der Waals surface area contributed by atoms with E-state index in [-0.39, 0.29) is 0 Å². The summed E-state index contributed by atoms with van der Waals surface area (Å²) in [6.45, 7) is 1.05. The molecule has 1 N–H and O–H groups in total. The Labute approximate surface area is 130 Å². The third-order valence-corrected chi connectivity index (χ3v) is 3.46. The first-order valence-corrected chi connectivity index (χ1v) is 7.35. The number of rotatable bonds is 3. The summed E-state index contributed by atoms with van der Waals surface area (Å²) < 4.78 is 10.9. The van der Waals surface area contributed by atoms with Gasteiger partial charge in [0.15, 0.2) is 0 Å². The largest absolute Gasteiger partial charge is 0.497 e. The molecule has 4 heteroatoms. The van der Waals surface area contributed by atoms with Crippen molar-refractivity contribution in [3.63, 3.8) is 0 Å². The summed E-state index contributed by atoms with van der Waals surface area (Å²) in [5, 5.41) is 3.35. The molecule has 1 aromatic carbocycles. The summed E-state index contributed by atoms with van der Waals surface area (Å²) in [7, 11) is 1.64. The fourth-order valence-corrected chi connectivity index (χ4v) is 2.30. The van der Waals surface area contributed by atoms with E-state index in [9.17, 15) is 0 Å². The van der Waals surface area contributed by atoms with Crippen LogP contribution in [0.4, 0.5) is 0 Å². The highest BCUT2D eigenvalue weighted by molar-refractivity contribution is 5.40. The van der Waals surface area contributed by atoms with Gasteiger partial charge in [0.25, 0.3) is 0 Å². The first-order valence-electron chi connectivity index (χ1n) is 7.35. The molecule has 0 amide bonds. The van der Waals surface area contributed by atoms with Crippen LogP contribution in [0.15, 0.2) is 42.7 Å². The average Bonchev–Trinajstić information content (AvgIpc) is 3.08. The Bertz CT molecular complexity index is 680. The van der Waals surface area contributed by atoms with Crippen LogP contribution >= 0.6 is 0 Å². The van der Waals surface area contributed by atoms with Crippen LogP contribution in [-0.2, 0) is 0 Å². The highest BCUT2D eigenvalue weighted by atomic mass is 16.5. The summed E-state index contributed by atoms with van der Waals surface area (Å²) in [4.78, 5) is 4.19. The minimum atomic E-state index is 0.297. The summed E-state index contributed by atoms with van der Waals surface area (Å²) in [6, 6.07) is 9.64. The van der Waals surface area contributed by atoms with Crippen LogP contribution in [0.3, 0.4) is 0 Å². The van der Waals surface area contributed by atoms with Crippen LogP contribution < -0.4 is 14.8 Å². The maximum absolute atomic E-state index is 5.79. The molecule has 0 spiro atoms. The molecule has 22 heavy (non-hydrogen) atoms. The number of aromatic nitrogens is 1. The molecule has 0 radical (unpaired) electrons. The maximum atomic E-state index is 5.79. The van der Waals surface area contributed by atoms with Crippen LogP contribution in [-0.4, -0.2) is 24.7 Å². The number of ether oxygens (including phenoxy) is 2. The smallest absolute Gasteiger partial charge is 0.146 e. The summed E-state index contributed by atoms with van der Waals surface area (Å²) in [6.07, 6.45) is 5.74. The quantitative estimate of drug-likeness (QED) is 0.884. The lowest BCUT2D eigenvalue weighted by Gasteiger charge is -2.06. The van der Waals surface area contributed by atoms with E-state index in [2.05, 4.69) is 22.1 Å². The normalized spacial score (nSPS) is 16.7. The summed E-state index contributed by atoms with van der Waals surface area (Å²) >= 11 is 0.